The van der Waals surface area contributed by atoms with Crippen molar-refractivity contribution in [3.8, 4) is 0 Å². The Bertz CT molecular complexity index is 1040. The lowest BCUT2D eigenvalue weighted by Crippen LogP contribution is -2.47. The van der Waals surface area contributed by atoms with Crippen LogP contribution in [0.3, 0.4) is 0 Å². The van der Waals surface area contributed by atoms with E-state index in [2.05, 4.69) is 40.1 Å². The first-order valence-corrected chi connectivity index (χ1v) is 11.7. The largest absolute Gasteiger partial charge is 0.385 e. The molecule has 0 spiro atoms. The van der Waals surface area contributed by atoms with E-state index < -0.39 is 0 Å². The van der Waals surface area contributed by atoms with Crippen LogP contribution in [0.5, 0.6) is 0 Å². The van der Waals surface area contributed by atoms with Crippen LogP contribution in [0, 0.1) is 13.8 Å². The van der Waals surface area contributed by atoms with Gasteiger partial charge in [-0.25, -0.2) is 0 Å². The van der Waals surface area contributed by atoms with E-state index in [9.17, 15) is 9.59 Å². The first kappa shape index (κ1) is 23.2. The van der Waals surface area contributed by atoms with Crippen molar-refractivity contribution in [2.45, 2.75) is 26.8 Å². The maximum Gasteiger partial charge on any atom is 0.277 e. The van der Waals surface area contributed by atoms with E-state index in [0.717, 1.165) is 49.4 Å². The number of rotatable bonds is 8. The van der Waals surface area contributed by atoms with Crippen molar-refractivity contribution in [2.75, 3.05) is 46.4 Å². The first-order chi connectivity index (χ1) is 16.0. The number of carbonyl (C=O) groups excluding carboxylic acids is 2. The summed E-state index contributed by atoms with van der Waals surface area (Å²) in [5.41, 5.74) is 5.41. The molecule has 0 atom stereocenters. The maximum absolute atomic E-state index is 13.5. The van der Waals surface area contributed by atoms with E-state index in [4.69, 9.17) is 4.74 Å². The zero-order chi connectivity index (χ0) is 23.4. The highest BCUT2D eigenvalue weighted by atomic mass is 16.5. The quantitative estimate of drug-likeness (QED) is 0.459. The Hall–Kier alpha value is -2.96. The predicted molar refractivity (Wildman–Crippen MR) is 129 cm³/mol. The highest BCUT2D eigenvalue weighted by Gasteiger charge is 2.42. The number of hydrogen-bond acceptors (Lipinski definition) is 5. The topological polar surface area (TPSA) is 53.1 Å². The number of aryl methyl sites for hydroxylation is 2. The van der Waals surface area contributed by atoms with Gasteiger partial charge < -0.3 is 9.64 Å². The Labute approximate surface area is 196 Å². The summed E-state index contributed by atoms with van der Waals surface area (Å²) < 4.78 is 5.14. The number of piperazine rings is 1. The second-order valence-corrected chi connectivity index (χ2v) is 8.90. The van der Waals surface area contributed by atoms with Gasteiger partial charge in [-0.3, -0.25) is 19.4 Å². The number of benzene rings is 2. The standard InChI is InChI=1S/C27H33N3O3/c1-20-10-11-23(21(2)18-20)24-25(27(32)30(26(24)31)12-7-17-33-3)29-15-13-28(14-16-29)19-22-8-5-4-6-9-22/h4-6,8-11,18H,7,12-17,19H2,1-3H3. The lowest BCUT2D eigenvalue weighted by molar-refractivity contribution is -0.137. The summed E-state index contributed by atoms with van der Waals surface area (Å²) in [5, 5.41) is 0. The number of ether oxygens (including phenoxy) is 1. The van der Waals surface area contributed by atoms with Gasteiger partial charge in [0, 0.05) is 53.0 Å². The van der Waals surface area contributed by atoms with E-state index in [1.165, 1.54) is 10.5 Å². The van der Waals surface area contributed by atoms with Crippen molar-refractivity contribution in [1.29, 1.82) is 0 Å². The van der Waals surface area contributed by atoms with Crippen LogP contribution in [0.2, 0.25) is 0 Å². The average molecular weight is 448 g/mol. The Morgan fingerprint density at radius 3 is 2.30 bits per heavy atom. The second kappa shape index (κ2) is 10.3. The SMILES string of the molecule is COCCCN1C(=O)C(c2ccc(C)cc2C)=C(N2CCN(Cc3ccccc3)CC2)C1=O. The zero-order valence-electron chi connectivity index (χ0n) is 19.8. The van der Waals surface area contributed by atoms with Crippen molar-refractivity contribution in [2.24, 2.45) is 0 Å². The molecule has 0 aromatic heterocycles. The molecular formula is C27H33N3O3. The van der Waals surface area contributed by atoms with Gasteiger partial charge >= 0.3 is 0 Å². The van der Waals surface area contributed by atoms with E-state index in [0.29, 0.717) is 30.8 Å². The Morgan fingerprint density at radius 1 is 0.909 bits per heavy atom. The number of hydrogen-bond donors (Lipinski definition) is 0. The molecule has 2 aliphatic rings. The third-order valence-corrected chi connectivity index (χ3v) is 6.46. The minimum atomic E-state index is -0.190. The van der Waals surface area contributed by atoms with E-state index in [-0.39, 0.29) is 11.8 Å². The van der Waals surface area contributed by atoms with Crippen LogP contribution < -0.4 is 0 Å². The maximum atomic E-state index is 13.5. The normalized spacial score (nSPS) is 17.4. The second-order valence-electron chi connectivity index (χ2n) is 8.90. The van der Waals surface area contributed by atoms with Crippen LogP contribution in [0.1, 0.15) is 28.7 Å². The first-order valence-electron chi connectivity index (χ1n) is 11.7. The van der Waals surface area contributed by atoms with Crippen molar-refractivity contribution in [3.63, 3.8) is 0 Å². The van der Waals surface area contributed by atoms with Crippen LogP contribution >= 0.6 is 0 Å². The third kappa shape index (κ3) is 5.02. The number of carbonyl (C=O) groups is 2. The summed E-state index contributed by atoms with van der Waals surface area (Å²) in [7, 11) is 1.63. The van der Waals surface area contributed by atoms with Gasteiger partial charge in [-0.15, -0.1) is 0 Å². The van der Waals surface area contributed by atoms with Gasteiger partial charge in [-0.2, -0.15) is 0 Å². The lowest BCUT2D eigenvalue weighted by Gasteiger charge is -2.36. The number of methoxy groups -OCH3 is 1. The van der Waals surface area contributed by atoms with Crippen LogP contribution in [0.25, 0.3) is 5.57 Å². The monoisotopic (exact) mass is 447 g/mol. The Morgan fingerprint density at radius 2 is 1.64 bits per heavy atom. The van der Waals surface area contributed by atoms with Crippen LogP contribution in [0.15, 0.2) is 54.2 Å². The summed E-state index contributed by atoms with van der Waals surface area (Å²) in [6, 6.07) is 16.5. The molecule has 4 rings (SSSR count). The molecule has 2 heterocycles. The fourth-order valence-electron chi connectivity index (χ4n) is 4.73. The van der Waals surface area contributed by atoms with Gasteiger partial charge in [0.15, 0.2) is 0 Å². The van der Waals surface area contributed by atoms with E-state index in [1.54, 1.807) is 7.11 Å². The predicted octanol–water partition coefficient (Wildman–Crippen LogP) is 3.24. The summed E-state index contributed by atoms with van der Waals surface area (Å²) in [5.74, 6) is -0.368. The highest BCUT2D eigenvalue weighted by molar-refractivity contribution is 6.35. The molecule has 1 saturated heterocycles. The molecule has 33 heavy (non-hydrogen) atoms. The molecule has 2 aromatic rings. The highest BCUT2D eigenvalue weighted by Crippen LogP contribution is 2.34. The van der Waals surface area contributed by atoms with Crippen LogP contribution in [-0.4, -0.2) is 73.0 Å². The fourth-order valence-corrected chi connectivity index (χ4v) is 4.73. The molecule has 174 valence electrons. The molecule has 0 bridgehead atoms. The molecule has 0 unspecified atom stereocenters. The van der Waals surface area contributed by atoms with Gasteiger partial charge in [0.05, 0.1) is 5.57 Å². The molecule has 2 amide bonds. The van der Waals surface area contributed by atoms with Crippen LogP contribution in [-0.2, 0) is 20.9 Å². The summed E-state index contributed by atoms with van der Waals surface area (Å²) >= 11 is 0. The molecule has 0 N–H and O–H groups in total. The molecule has 2 aliphatic heterocycles. The van der Waals surface area contributed by atoms with Gasteiger partial charge in [-0.1, -0.05) is 54.1 Å². The van der Waals surface area contributed by atoms with Crippen molar-refractivity contribution < 1.29 is 14.3 Å². The van der Waals surface area contributed by atoms with Crippen molar-refractivity contribution in [1.82, 2.24) is 14.7 Å². The molecule has 0 radical (unpaired) electrons. The fraction of sp³-hybridized carbons (Fsp3) is 0.407. The van der Waals surface area contributed by atoms with Crippen molar-refractivity contribution in [3.05, 3.63) is 76.5 Å². The Kier molecular flexibility index (Phi) is 7.26. The molecule has 0 saturated carbocycles. The lowest BCUT2D eigenvalue weighted by atomic mass is 9.97. The molecule has 6 nitrogen and oxygen atoms in total. The number of imide groups is 1. The smallest absolute Gasteiger partial charge is 0.277 e. The number of amides is 2. The molecular weight excluding hydrogens is 414 g/mol. The summed E-state index contributed by atoms with van der Waals surface area (Å²) in [6.07, 6.45) is 0.631. The molecule has 1 fully saturated rings. The molecule has 6 heteroatoms. The van der Waals surface area contributed by atoms with Gasteiger partial charge in [0.1, 0.15) is 5.70 Å². The van der Waals surface area contributed by atoms with E-state index in [1.807, 2.05) is 32.0 Å². The third-order valence-electron chi connectivity index (χ3n) is 6.46. The number of nitrogens with zero attached hydrogens (tertiary/aromatic N) is 3. The van der Waals surface area contributed by atoms with Gasteiger partial charge in [0.25, 0.3) is 11.8 Å². The molecule has 2 aromatic carbocycles. The minimum Gasteiger partial charge on any atom is -0.385 e. The molecule has 0 aliphatic carbocycles. The Balaban J connectivity index is 1.58. The average Bonchev–Trinajstić information content (AvgIpc) is 3.05. The van der Waals surface area contributed by atoms with Crippen LogP contribution in [0.4, 0.5) is 0 Å². The van der Waals surface area contributed by atoms with Gasteiger partial charge in [0.2, 0.25) is 0 Å². The van der Waals surface area contributed by atoms with Crippen molar-refractivity contribution >= 4 is 17.4 Å². The minimum absolute atomic E-state index is 0.178. The van der Waals surface area contributed by atoms with Gasteiger partial charge in [-0.05, 0) is 37.0 Å². The van der Waals surface area contributed by atoms with E-state index >= 15 is 0 Å². The summed E-state index contributed by atoms with van der Waals surface area (Å²) in [6.45, 7) is 8.98. The summed E-state index contributed by atoms with van der Waals surface area (Å²) in [4.78, 5) is 32.9. The zero-order valence-corrected chi connectivity index (χ0v) is 19.8.